The minimum atomic E-state index is -2.34. The number of H-pyrrole nitrogens is 1. The van der Waals surface area contributed by atoms with Gasteiger partial charge < -0.3 is 24.0 Å². The largest absolute Gasteiger partial charge is 0.388 e. The number of alkyl halides is 4. The highest BCUT2D eigenvalue weighted by Gasteiger charge is 2.30. The van der Waals surface area contributed by atoms with Gasteiger partial charge in [-0.1, -0.05) is 0 Å². The molecule has 0 amide bonds. The molecule has 3 fully saturated rings. The van der Waals surface area contributed by atoms with Crippen LogP contribution in [0.3, 0.4) is 0 Å². The topological polar surface area (TPSA) is 181 Å². The van der Waals surface area contributed by atoms with E-state index < -0.39 is 12.9 Å². The highest BCUT2D eigenvalue weighted by Crippen LogP contribution is 2.36. The van der Waals surface area contributed by atoms with Crippen LogP contribution in [0.25, 0.3) is 44.4 Å². The van der Waals surface area contributed by atoms with Gasteiger partial charge in [0.1, 0.15) is 18.3 Å². The fourth-order valence-electron chi connectivity index (χ4n) is 7.85. The molecule has 338 valence electrons. The molecule has 16 nitrogen and oxygen atoms in total. The van der Waals surface area contributed by atoms with Crippen molar-refractivity contribution >= 4 is 44.4 Å². The third-order valence-electron chi connectivity index (χ3n) is 11.2. The van der Waals surface area contributed by atoms with E-state index in [0.717, 1.165) is 72.0 Å². The molecule has 64 heavy (non-hydrogen) atoms. The summed E-state index contributed by atoms with van der Waals surface area (Å²) in [5.74, 6) is 1.10. The molecule has 9 heterocycles. The minimum absolute atomic E-state index is 0.00880. The van der Waals surface area contributed by atoms with Crippen molar-refractivity contribution in [3.05, 3.63) is 106 Å². The molecule has 8 aromatic rings. The standard InChI is InChI=1S/C20H20F2N6O.C11H13F2N3O.C9H9N3O.C4H8O/c21-17(22)4-2-10-26-15-3-1-8-24-19(15)25-18(26)12-27-16-11-23-9-7-14(16)28(20(27)29)13-5-6-13;12-9(13)4-2-6-16-8-3-1-5-14-11(8)15-10(16)7-17;13-9-11-7-5-10-4-3-8(7)12(9)6-1-2-6;1-2-4-5-3-1/h1,3,7-9,11,13,17H,2,4-6,10,12H2;1,3,5,9,17H,2,4,6-7H2;3-6H,1-2H2,(H,11,13);1-4H2. The summed E-state index contributed by atoms with van der Waals surface area (Å²) in [5, 5.41) is 9.17. The first kappa shape index (κ1) is 44.3. The molecule has 11 rings (SSSR count). The summed E-state index contributed by atoms with van der Waals surface area (Å²) in [6.45, 7) is 2.84. The average Bonchev–Trinajstić information content (AvgIpc) is 4.07. The van der Waals surface area contributed by atoms with Gasteiger partial charge in [0.25, 0.3) is 0 Å². The van der Waals surface area contributed by atoms with Crippen LogP contribution >= 0.6 is 0 Å². The summed E-state index contributed by atoms with van der Waals surface area (Å²) < 4.78 is 63.4. The van der Waals surface area contributed by atoms with Crippen LogP contribution in [0.5, 0.6) is 0 Å². The average molecular weight is 887 g/mol. The zero-order valence-corrected chi connectivity index (χ0v) is 35.2. The zero-order valence-electron chi connectivity index (χ0n) is 35.2. The van der Waals surface area contributed by atoms with Gasteiger partial charge in [0.15, 0.2) is 11.3 Å². The summed E-state index contributed by atoms with van der Waals surface area (Å²) in [6.07, 6.45) is 12.6. The molecule has 1 aliphatic heterocycles. The maximum absolute atomic E-state index is 13.2. The van der Waals surface area contributed by atoms with Gasteiger partial charge >= 0.3 is 11.4 Å². The lowest BCUT2D eigenvalue weighted by Crippen LogP contribution is -2.25. The number of aromatic amines is 1. The SMILES string of the molecule is C1CCOC1.O=c1[nH]c2cnccc2n1C1CC1.O=c1n(Cc2nc3ncccc3n2CCCC(F)F)c2cnccc2n1C1CC1.OCc1nc2ncccc2n1CCCC(F)F. The lowest BCUT2D eigenvalue weighted by Gasteiger charge is -2.09. The third kappa shape index (κ3) is 10.4. The Bertz CT molecular complexity index is 2900. The summed E-state index contributed by atoms with van der Waals surface area (Å²) in [7, 11) is 0. The second-order valence-corrected chi connectivity index (χ2v) is 15.9. The molecule has 0 unspecified atom stereocenters. The Morgan fingerprint density at radius 3 is 1.80 bits per heavy atom. The molecule has 0 aromatic carbocycles. The Labute approximate surface area is 363 Å². The van der Waals surface area contributed by atoms with Crippen LogP contribution in [0.15, 0.2) is 83.2 Å². The van der Waals surface area contributed by atoms with E-state index in [-0.39, 0.29) is 43.4 Å². The fourth-order valence-corrected chi connectivity index (χ4v) is 7.85. The Balaban J connectivity index is 0.000000134. The van der Waals surface area contributed by atoms with Crippen molar-refractivity contribution in [1.29, 1.82) is 0 Å². The van der Waals surface area contributed by atoms with E-state index in [0.29, 0.717) is 54.9 Å². The predicted octanol–water partition coefficient (Wildman–Crippen LogP) is 7.20. The Kier molecular flexibility index (Phi) is 14.2. The van der Waals surface area contributed by atoms with E-state index in [2.05, 4.69) is 34.9 Å². The molecule has 0 radical (unpaired) electrons. The molecule has 0 bridgehead atoms. The quantitative estimate of drug-likeness (QED) is 0.112. The maximum Gasteiger partial charge on any atom is 0.329 e. The number of hydrogen-bond acceptors (Lipinski definition) is 10. The maximum atomic E-state index is 13.2. The van der Waals surface area contributed by atoms with Crippen molar-refractivity contribution in [2.75, 3.05) is 13.2 Å². The molecule has 8 aromatic heterocycles. The molecular weight excluding hydrogens is 837 g/mol. The van der Waals surface area contributed by atoms with Crippen molar-refractivity contribution in [2.24, 2.45) is 0 Å². The van der Waals surface area contributed by atoms with E-state index in [1.165, 1.54) is 12.8 Å². The van der Waals surface area contributed by atoms with Crippen molar-refractivity contribution in [1.82, 2.24) is 57.7 Å². The number of nitrogens with one attached hydrogen (secondary N) is 1. The molecule has 2 saturated carbocycles. The highest BCUT2D eigenvalue weighted by molar-refractivity contribution is 5.76. The number of aryl methyl sites for hydroxylation is 2. The van der Waals surface area contributed by atoms with Crippen molar-refractivity contribution in [2.45, 2.75) is 115 Å². The number of aliphatic hydroxyl groups is 1. The van der Waals surface area contributed by atoms with Crippen LogP contribution in [0, 0.1) is 0 Å². The molecule has 20 heteroatoms. The zero-order chi connectivity index (χ0) is 44.6. The van der Waals surface area contributed by atoms with Gasteiger partial charge in [0, 0.05) is 76.0 Å². The Morgan fingerprint density at radius 2 is 1.23 bits per heavy atom. The van der Waals surface area contributed by atoms with Gasteiger partial charge in [-0.05, 0) is 87.8 Å². The molecule has 2 aliphatic carbocycles. The number of rotatable bonds is 13. The molecule has 0 spiro atoms. The first-order valence-electron chi connectivity index (χ1n) is 21.7. The third-order valence-corrected chi connectivity index (χ3v) is 11.2. The van der Waals surface area contributed by atoms with E-state index >= 15 is 0 Å². The first-order chi connectivity index (χ1) is 31.2. The molecule has 0 atom stereocenters. The molecular formula is C44H50F4N12O4. The summed E-state index contributed by atoms with van der Waals surface area (Å²) in [6, 6.07) is 11.6. The van der Waals surface area contributed by atoms with Crippen LogP contribution < -0.4 is 11.4 Å². The second kappa shape index (κ2) is 20.5. The van der Waals surface area contributed by atoms with E-state index in [9.17, 15) is 27.2 Å². The molecule has 2 N–H and O–H groups in total. The van der Waals surface area contributed by atoms with Gasteiger partial charge in [0.05, 0.1) is 52.0 Å². The molecule has 3 aliphatic rings. The number of halogens is 4. The fraction of sp³-hybridized carbons (Fsp3) is 0.455. The first-order valence-corrected chi connectivity index (χ1v) is 21.7. The van der Waals surface area contributed by atoms with Crippen molar-refractivity contribution in [3.8, 4) is 0 Å². The minimum Gasteiger partial charge on any atom is -0.388 e. The lowest BCUT2D eigenvalue weighted by molar-refractivity contribution is 0.132. The van der Waals surface area contributed by atoms with Crippen LogP contribution in [-0.2, 0) is 31.0 Å². The number of aliphatic hydroxyl groups excluding tert-OH is 1. The Morgan fingerprint density at radius 1 is 0.672 bits per heavy atom. The number of fused-ring (bicyclic) bond motifs is 4. The Hall–Kier alpha value is -6.28. The van der Waals surface area contributed by atoms with Gasteiger partial charge in [-0.3, -0.25) is 23.7 Å². The van der Waals surface area contributed by atoms with Crippen LogP contribution in [-0.4, -0.2) is 88.9 Å². The number of ether oxygens (including phenoxy) is 1. The van der Waals surface area contributed by atoms with Gasteiger partial charge in [-0.15, -0.1) is 0 Å². The van der Waals surface area contributed by atoms with Crippen molar-refractivity contribution in [3.63, 3.8) is 0 Å². The monoisotopic (exact) mass is 886 g/mol. The number of nitrogens with zero attached hydrogens (tertiary/aromatic N) is 11. The lowest BCUT2D eigenvalue weighted by atomic mass is 10.3. The van der Waals surface area contributed by atoms with Crippen LogP contribution in [0.4, 0.5) is 17.6 Å². The predicted molar refractivity (Wildman–Crippen MR) is 231 cm³/mol. The highest BCUT2D eigenvalue weighted by atomic mass is 19.3. The summed E-state index contributed by atoms with van der Waals surface area (Å²) >= 11 is 0. The van der Waals surface area contributed by atoms with E-state index in [4.69, 9.17) is 9.84 Å². The van der Waals surface area contributed by atoms with E-state index in [1.54, 1.807) is 58.4 Å². The number of hydrogen-bond donors (Lipinski definition) is 2. The number of aromatic nitrogens is 12. The summed E-state index contributed by atoms with van der Waals surface area (Å²) in [5.41, 5.74) is 5.97. The number of imidazole rings is 4. The van der Waals surface area contributed by atoms with Crippen LogP contribution in [0.1, 0.15) is 87.9 Å². The molecule has 1 saturated heterocycles. The number of pyridine rings is 4. The van der Waals surface area contributed by atoms with Gasteiger partial charge in [0.2, 0.25) is 12.9 Å². The van der Waals surface area contributed by atoms with Gasteiger partial charge in [-0.25, -0.2) is 47.1 Å². The van der Waals surface area contributed by atoms with Gasteiger partial charge in [-0.2, -0.15) is 0 Å². The smallest absolute Gasteiger partial charge is 0.329 e. The second-order valence-electron chi connectivity index (χ2n) is 15.9. The normalized spacial score (nSPS) is 14.9. The van der Waals surface area contributed by atoms with Crippen LogP contribution in [0.2, 0.25) is 0 Å². The van der Waals surface area contributed by atoms with Crippen molar-refractivity contribution < 1.29 is 27.4 Å². The summed E-state index contributed by atoms with van der Waals surface area (Å²) in [4.78, 5) is 52.7. The van der Waals surface area contributed by atoms with E-state index in [1.807, 2.05) is 38.0 Å².